The molecule has 0 atom stereocenters. The summed E-state index contributed by atoms with van der Waals surface area (Å²) in [6.07, 6.45) is 5.68. The van der Waals surface area contributed by atoms with E-state index in [2.05, 4.69) is 25.9 Å². The highest BCUT2D eigenvalue weighted by Crippen LogP contribution is 2.29. The van der Waals surface area contributed by atoms with Gasteiger partial charge in [-0.2, -0.15) is 0 Å². The average Bonchev–Trinajstić information content (AvgIpc) is 2.50. The summed E-state index contributed by atoms with van der Waals surface area (Å²) >= 11 is 3.26. The Bertz CT molecular complexity index is 453. The first-order valence-electron chi connectivity index (χ1n) is 6.98. The van der Waals surface area contributed by atoms with Crippen LogP contribution in [0.2, 0.25) is 0 Å². The first-order valence-corrected chi connectivity index (χ1v) is 7.77. The fourth-order valence-electron chi connectivity index (χ4n) is 2.08. The summed E-state index contributed by atoms with van der Waals surface area (Å²) in [6.45, 7) is 2.41. The Hall–Kier alpha value is -0.890. The minimum atomic E-state index is -0.904. The van der Waals surface area contributed by atoms with Crippen molar-refractivity contribution in [2.45, 2.75) is 31.3 Å². The Labute approximate surface area is 132 Å². The summed E-state index contributed by atoms with van der Waals surface area (Å²) in [5, 5.41) is 10.2. The van der Waals surface area contributed by atoms with E-state index in [9.17, 15) is 9.90 Å². The smallest absolute Gasteiger partial charge is 0.160 e. The predicted octanol–water partition coefficient (Wildman–Crippen LogP) is 1.60. The molecule has 2 aliphatic heterocycles. The zero-order chi connectivity index (χ0) is 15.1. The van der Waals surface area contributed by atoms with Crippen molar-refractivity contribution in [3.05, 3.63) is 22.7 Å². The molecular weight excluding hydrogens is 340 g/mol. The minimum absolute atomic E-state index is 0.339. The van der Waals surface area contributed by atoms with E-state index in [1.165, 1.54) is 0 Å². The monoisotopic (exact) mass is 358 g/mol. The van der Waals surface area contributed by atoms with Crippen molar-refractivity contribution in [2.24, 2.45) is 0 Å². The van der Waals surface area contributed by atoms with Gasteiger partial charge in [-0.25, -0.2) is 9.97 Å². The van der Waals surface area contributed by atoms with Crippen molar-refractivity contribution in [3.8, 4) is 0 Å². The van der Waals surface area contributed by atoms with Crippen LogP contribution in [-0.2, 0) is 19.9 Å². The van der Waals surface area contributed by atoms with E-state index in [0.717, 1.165) is 4.47 Å². The van der Waals surface area contributed by atoms with Crippen LogP contribution in [0.1, 0.15) is 31.5 Å². The number of aliphatic hydroxyl groups is 1. The lowest BCUT2D eigenvalue weighted by Gasteiger charge is -2.30. The Morgan fingerprint density at radius 1 is 1.05 bits per heavy atom. The first kappa shape index (κ1) is 16.5. The van der Waals surface area contributed by atoms with Crippen LogP contribution in [0.25, 0.3) is 0 Å². The number of aromatic nitrogens is 2. The third-order valence-electron chi connectivity index (χ3n) is 3.41. The van der Waals surface area contributed by atoms with Gasteiger partial charge in [0.05, 0.1) is 17.7 Å². The van der Waals surface area contributed by atoms with Gasteiger partial charge in [0, 0.05) is 51.3 Å². The third kappa shape index (κ3) is 5.10. The van der Waals surface area contributed by atoms with Crippen LogP contribution >= 0.6 is 15.9 Å². The lowest BCUT2D eigenvalue weighted by atomic mass is 9.93. The van der Waals surface area contributed by atoms with Gasteiger partial charge in [-0.1, -0.05) is 0 Å². The number of halogens is 1. The number of carbonyl (C=O) groups is 1. The highest BCUT2D eigenvalue weighted by molar-refractivity contribution is 9.10. The molecule has 0 aliphatic carbocycles. The number of ketones is 1. The second-order valence-electron chi connectivity index (χ2n) is 5.02. The molecule has 1 aromatic rings. The van der Waals surface area contributed by atoms with Gasteiger partial charge in [-0.15, -0.1) is 0 Å². The molecule has 2 fully saturated rings. The minimum Gasteiger partial charge on any atom is -0.382 e. The van der Waals surface area contributed by atoms with Crippen LogP contribution in [0.4, 0.5) is 0 Å². The lowest BCUT2D eigenvalue weighted by molar-refractivity contribution is -0.124. The molecule has 1 N–H and O–H groups in total. The molecule has 0 unspecified atom stereocenters. The highest BCUT2D eigenvalue weighted by Gasteiger charge is 2.34. The molecule has 7 heteroatoms. The summed E-state index contributed by atoms with van der Waals surface area (Å²) in [6, 6.07) is 0. The van der Waals surface area contributed by atoms with E-state index in [1.54, 1.807) is 12.4 Å². The topological polar surface area (TPSA) is 81.5 Å². The predicted molar refractivity (Wildman–Crippen MR) is 78.7 cm³/mol. The van der Waals surface area contributed by atoms with Gasteiger partial charge in [0.1, 0.15) is 11.4 Å². The number of rotatable bonds is 1. The summed E-state index contributed by atoms with van der Waals surface area (Å²) in [5.74, 6) is 0.829. The first-order chi connectivity index (χ1) is 10.1. The Morgan fingerprint density at radius 2 is 1.57 bits per heavy atom. The number of nitrogens with zero attached hydrogens (tertiary/aromatic N) is 2. The maximum atomic E-state index is 10.4. The number of carbonyl (C=O) groups excluding carboxylic acids is 1. The maximum absolute atomic E-state index is 10.4. The highest BCUT2D eigenvalue weighted by atomic mass is 79.9. The molecule has 116 valence electrons. The Kier molecular flexibility index (Phi) is 6.22. The summed E-state index contributed by atoms with van der Waals surface area (Å²) < 4.78 is 10.9. The van der Waals surface area contributed by atoms with Crippen molar-refractivity contribution < 1.29 is 19.4 Å². The van der Waals surface area contributed by atoms with Crippen molar-refractivity contribution in [3.63, 3.8) is 0 Å². The average molecular weight is 359 g/mol. The quantitative estimate of drug-likeness (QED) is 0.820. The fraction of sp³-hybridized carbons (Fsp3) is 0.643. The molecule has 0 spiro atoms. The van der Waals surface area contributed by atoms with Gasteiger partial charge in [0.25, 0.3) is 0 Å². The number of hydrogen-bond acceptors (Lipinski definition) is 6. The van der Waals surface area contributed by atoms with E-state index in [0.29, 0.717) is 63.7 Å². The molecule has 21 heavy (non-hydrogen) atoms. The van der Waals surface area contributed by atoms with Crippen molar-refractivity contribution in [2.75, 3.05) is 26.4 Å². The zero-order valence-electron chi connectivity index (χ0n) is 11.8. The molecule has 2 aliphatic rings. The standard InChI is InChI=1S/C9H11BrN2O2.C5H8O2/c10-7-5-11-8(12-6-7)9(13)1-3-14-4-2-9;6-5-1-3-7-4-2-5/h5-6,13H,1-4H2;1-4H2. The van der Waals surface area contributed by atoms with Crippen molar-refractivity contribution in [1.29, 1.82) is 0 Å². The van der Waals surface area contributed by atoms with Gasteiger partial charge in [-0.05, 0) is 15.9 Å². The van der Waals surface area contributed by atoms with E-state index in [1.807, 2.05) is 0 Å². The summed E-state index contributed by atoms with van der Waals surface area (Å²) in [4.78, 5) is 18.6. The maximum Gasteiger partial charge on any atom is 0.160 e. The molecular formula is C14H19BrN2O4. The molecule has 0 aromatic carbocycles. The van der Waals surface area contributed by atoms with Gasteiger partial charge >= 0.3 is 0 Å². The third-order valence-corrected chi connectivity index (χ3v) is 3.82. The second-order valence-corrected chi connectivity index (χ2v) is 5.94. The van der Waals surface area contributed by atoms with Crippen LogP contribution in [0.5, 0.6) is 0 Å². The van der Waals surface area contributed by atoms with E-state index >= 15 is 0 Å². The van der Waals surface area contributed by atoms with Gasteiger partial charge in [-0.3, -0.25) is 4.79 Å². The number of hydrogen-bond donors (Lipinski definition) is 1. The van der Waals surface area contributed by atoms with Crippen LogP contribution in [0.15, 0.2) is 16.9 Å². The molecule has 0 radical (unpaired) electrons. The molecule has 0 saturated carbocycles. The molecule has 2 saturated heterocycles. The van der Waals surface area contributed by atoms with Crippen molar-refractivity contribution in [1.82, 2.24) is 9.97 Å². The molecule has 1 aromatic heterocycles. The van der Waals surface area contributed by atoms with Crippen molar-refractivity contribution >= 4 is 21.7 Å². The molecule has 6 nitrogen and oxygen atoms in total. The van der Waals surface area contributed by atoms with Crippen LogP contribution in [-0.4, -0.2) is 47.3 Å². The van der Waals surface area contributed by atoms with Crippen LogP contribution < -0.4 is 0 Å². The largest absolute Gasteiger partial charge is 0.382 e. The second kappa shape index (κ2) is 7.93. The van der Waals surface area contributed by atoms with E-state index in [4.69, 9.17) is 9.47 Å². The number of Topliss-reactive ketones (excluding diaryl/α,β-unsaturated/α-hetero) is 1. The SMILES string of the molecule is O=C1CCOCC1.OC1(c2ncc(Br)cn2)CCOCC1. The molecule has 0 bridgehead atoms. The summed E-state index contributed by atoms with van der Waals surface area (Å²) in [7, 11) is 0. The number of ether oxygens (including phenoxy) is 2. The van der Waals surface area contributed by atoms with E-state index < -0.39 is 5.60 Å². The van der Waals surface area contributed by atoms with Gasteiger partial charge in [0.2, 0.25) is 0 Å². The molecule has 3 rings (SSSR count). The van der Waals surface area contributed by atoms with E-state index in [-0.39, 0.29) is 0 Å². The lowest BCUT2D eigenvalue weighted by Crippen LogP contribution is -2.35. The summed E-state index contributed by atoms with van der Waals surface area (Å²) in [5.41, 5.74) is -0.904. The van der Waals surface area contributed by atoms with Gasteiger partial charge < -0.3 is 14.6 Å². The normalized spacial score (nSPS) is 21.3. The molecule has 3 heterocycles. The van der Waals surface area contributed by atoms with Gasteiger partial charge in [0.15, 0.2) is 5.82 Å². The Morgan fingerprint density at radius 3 is 2.05 bits per heavy atom. The Balaban J connectivity index is 0.000000194. The zero-order valence-corrected chi connectivity index (χ0v) is 13.3. The molecule has 0 amide bonds. The van der Waals surface area contributed by atoms with Crippen LogP contribution in [0.3, 0.4) is 0 Å². The fourth-order valence-corrected chi connectivity index (χ4v) is 2.29. The van der Waals surface area contributed by atoms with Crippen LogP contribution in [0, 0.1) is 0 Å².